The number of carboxylic acid groups (broad SMARTS) is 2. The van der Waals surface area contributed by atoms with E-state index in [1.807, 2.05) is 12.1 Å². The number of nitrogens with one attached hydrogen (secondary N) is 1. The molecule has 0 amide bonds. The quantitative estimate of drug-likeness (QED) is 0.444. The van der Waals surface area contributed by atoms with E-state index in [1.165, 1.54) is 11.1 Å². The summed E-state index contributed by atoms with van der Waals surface area (Å²) in [4.78, 5) is 18.2. The molecule has 0 spiro atoms. The van der Waals surface area contributed by atoms with Crippen LogP contribution in [-0.4, -0.2) is 53.6 Å². The van der Waals surface area contributed by atoms with Gasteiger partial charge in [0, 0.05) is 13.1 Å². The molecule has 7 nitrogen and oxygen atoms in total. The molecule has 0 aromatic heterocycles. The van der Waals surface area contributed by atoms with E-state index < -0.39 is 11.9 Å². The van der Waals surface area contributed by atoms with Crippen LogP contribution in [0.25, 0.3) is 0 Å². The molecular formula is C14H21NO6. The fraction of sp³-hybridized carbons (Fsp3) is 0.429. The van der Waals surface area contributed by atoms with Gasteiger partial charge in [0.25, 0.3) is 0 Å². The second-order valence-corrected chi connectivity index (χ2v) is 4.26. The van der Waals surface area contributed by atoms with Gasteiger partial charge in [0.1, 0.15) is 12.4 Å². The Morgan fingerprint density at radius 1 is 1.05 bits per heavy atom. The van der Waals surface area contributed by atoms with Crippen molar-refractivity contribution in [2.24, 2.45) is 0 Å². The first-order valence-corrected chi connectivity index (χ1v) is 6.35. The summed E-state index contributed by atoms with van der Waals surface area (Å²) in [6.45, 7) is 6.30. The summed E-state index contributed by atoms with van der Waals surface area (Å²) < 4.78 is 5.57. The van der Waals surface area contributed by atoms with E-state index in [0.29, 0.717) is 13.2 Å². The van der Waals surface area contributed by atoms with Crippen molar-refractivity contribution in [2.45, 2.75) is 13.8 Å². The highest BCUT2D eigenvalue weighted by molar-refractivity contribution is 6.27. The van der Waals surface area contributed by atoms with E-state index in [1.54, 1.807) is 0 Å². The van der Waals surface area contributed by atoms with Gasteiger partial charge in [-0.15, -0.1) is 0 Å². The molecule has 0 aliphatic carbocycles. The first kappa shape index (κ1) is 18.9. The van der Waals surface area contributed by atoms with E-state index in [9.17, 15) is 0 Å². The SMILES string of the molecule is Cc1cc(C)cc(OCCNCCO)c1.O=C(O)C(=O)O. The number of hydrogen-bond acceptors (Lipinski definition) is 5. The molecule has 4 N–H and O–H groups in total. The van der Waals surface area contributed by atoms with Crippen LogP contribution < -0.4 is 10.1 Å². The topological polar surface area (TPSA) is 116 Å². The Balaban J connectivity index is 0.000000567. The molecule has 0 radical (unpaired) electrons. The van der Waals surface area contributed by atoms with Crippen LogP contribution >= 0.6 is 0 Å². The summed E-state index contributed by atoms with van der Waals surface area (Å²) in [5.74, 6) is -2.73. The van der Waals surface area contributed by atoms with E-state index in [2.05, 4.69) is 25.2 Å². The molecule has 1 aromatic carbocycles. The Labute approximate surface area is 123 Å². The van der Waals surface area contributed by atoms with E-state index in [4.69, 9.17) is 29.6 Å². The fourth-order valence-corrected chi connectivity index (χ4v) is 1.46. The highest BCUT2D eigenvalue weighted by atomic mass is 16.5. The molecule has 118 valence electrons. The Morgan fingerprint density at radius 3 is 2.00 bits per heavy atom. The maximum absolute atomic E-state index is 9.10. The van der Waals surface area contributed by atoms with Crippen molar-refractivity contribution in [3.05, 3.63) is 29.3 Å². The van der Waals surface area contributed by atoms with Crippen LogP contribution in [0, 0.1) is 13.8 Å². The first-order valence-electron chi connectivity index (χ1n) is 6.35. The van der Waals surface area contributed by atoms with Crippen molar-refractivity contribution >= 4 is 11.9 Å². The zero-order valence-corrected chi connectivity index (χ0v) is 12.1. The molecule has 0 heterocycles. The lowest BCUT2D eigenvalue weighted by molar-refractivity contribution is -0.159. The Morgan fingerprint density at radius 2 is 1.57 bits per heavy atom. The highest BCUT2D eigenvalue weighted by Gasteiger charge is 2.04. The third kappa shape index (κ3) is 10.3. The molecule has 0 aliphatic heterocycles. The first-order chi connectivity index (χ1) is 9.86. The van der Waals surface area contributed by atoms with Gasteiger partial charge in [0.2, 0.25) is 0 Å². The predicted octanol–water partition coefficient (Wildman–Crippen LogP) is 0.420. The summed E-state index contributed by atoms with van der Waals surface area (Å²) in [7, 11) is 0. The number of rotatable bonds is 6. The molecule has 0 saturated heterocycles. The van der Waals surface area contributed by atoms with Gasteiger partial charge in [-0.3, -0.25) is 0 Å². The number of aliphatic hydroxyl groups is 1. The lowest BCUT2D eigenvalue weighted by Gasteiger charge is -2.08. The number of aryl methyl sites for hydroxylation is 2. The van der Waals surface area contributed by atoms with Gasteiger partial charge in [0.15, 0.2) is 0 Å². The lowest BCUT2D eigenvalue weighted by atomic mass is 10.1. The van der Waals surface area contributed by atoms with Crippen LogP contribution in [0.2, 0.25) is 0 Å². The van der Waals surface area contributed by atoms with Crippen molar-refractivity contribution in [3.8, 4) is 5.75 Å². The average molecular weight is 299 g/mol. The summed E-state index contributed by atoms with van der Waals surface area (Å²) >= 11 is 0. The van der Waals surface area contributed by atoms with E-state index in [0.717, 1.165) is 12.3 Å². The number of carboxylic acids is 2. The minimum absolute atomic E-state index is 0.170. The summed E-state index contributed by atoms with van der Waals surface area (Å²) in [6.07, 6.45) is 0. The molecule has 0 unspecified atom stereocenters. The molecule has 0 bridgehead atoms. The second-order valence-electron chi connectivity index (χ2n) is 4.26. The average Bonchev–Trinajstić information content (AvgIpc) is 2.38. The van der Waals surface area contributed by atoms with Crippen molar-refractivity contribution in [3.63, 3.8) is 0 Å². The van der Waals surface area contributed by atoms with Gasteiger partial charge in [0.05, 0.1) is 6.61 Å². The van der Waals surface area contributed by atoms with E-state index >= 15 is 0 Å². The van der Waals surface area contributed by atoms with Crippen LogP contribution in [0.3, 0.4) is 0 Å². The van der Waals surface area contributed by atoms with Crippen molar-refractivity contribution in [1.29, 1.82) is 0 Å². The summed E-state index contributed by atoms with van der Waals surface area (Å²) in [5, 5.41) is 26.4. The lowest BCUT2D eigenvalue weighted by Crippen LogP contribution is -2.23. The predicted molar refractivity (Wildman–Crippen MR) is 76.6 cm³/mol. The molecule has 0 aliphatic rings. The Bertz CT molecular complexity index is 429. The van der Waals surface area contributed by atoms with Crippen molar-refractivity contribution < 1.29 is 29.6 Å². The van der Waals surface area contributed by atoms with Gasteiger partial charge in [-0.05, 0) is 37.1 Å². The summed E-state index contributed by atoms with van der Waals surface area (Å²) in [5.41, 5.74) is 2.43. The fourth-order valence-electron chi connectivity index (χ4n) is 1.46. The number of aliphatic hydroxyl groups excluding tert-OH is 1. The zero-order valence-electron chi connectivity index (χ0n) is 12.1. The van der Waals surface area contributed by atoms with Crippen LogP contribution in [0.4, 0.5) is 0 Å². The maximum Gasteiger partial charge on any atom is 0.414 e. The molecule has 0 atom stereocenters. The van der Waals surface area contributed by atoms with Gasteiger partial charge in [-0.25, -0.2) is 9.59 Å². The Hall–Kier alpha value is -2.12. The molecular weight excluding hydrogens is 278 g/mol. The standard InChI is InChI=1S/C12H19NO2.C2H2O4/c1-10-7-11(2)9-12(8-10)15-6-4-13-3-5-14;3-1(4)2(5)6/h7-9,13-14H,3-6H2,1-2H3;(H,3,4)(H,5,6). The molecule has 0 saturated carbocycles. The molecule has 1 rings (SSSR count). The normalized spacial score (nSPS) is 9.48. The zero-order chi connectivity index (χ0) is 16.3. The number of carbonyl (C=O) groups is 2. The van der Waals surface area contributed by atoms with Crippen LogP contribution in [0.15, 0.2) is 18.2 Å². The molecule has 7 heteroatoms. The minimum atomic E-state index is -1.82. The highest BCUT2D eigenvalue weighted by Crippen LogP contribution is 2.15. The van der Waals surface area contributed by atoms with Gasteiger partial charge < -0.3 is 25.4 Å². The molecule has 0 fully saturated rings. The van der Waals surface area contributed by atoms with Crippen LogP contribution in [0.1, 0.15) is 11.1 Å². The Kier molecular flexibility index (Phi) is 9.57. The number of aliphatic carboxylic acids is 2. The summed E-state index contributed by atoms with van der Waals surface area (Å²) in [6, 6.07) is 6.18. The molecule has 21 heavy (non-hydrogen) atoms. The number of hydrogen-bond donors (Lipinski definition) is 4. The van der Waals surface area contributed by atoms with Crippen LogP contribution in [0.5, 0.6) is 5.75 Å². The minimum Gasteiger partial charge on any atom is -0.492 e. The smallest absolute Gasteiger partial charge is 0.414 e. The van der Waals surface area contributed by atoms with Crippen molar-refractivity contribution in [2.75, 3.05) is 26.3 Å². The van der Waals surface area contributed by atoms with Gasteiger partial charge >= 0.3 is 11.9 Å². The third-order valence-corrected chi connectivity index (χ3v) is 2.21. The van der Waals surface area contributed by atoms with E-state index in [-0.39, 0.29) is 6.61 Å². The van der Waals surface area contributed by atoms with Gasteiger partial charge in [-0.2, -0.15) is 0 Å². The third-order valence-electron chi connectivity index (χ3n) is 2.21. The largest absolute Gasteiger partial charge is 0.492 e. The monoisotopic (exact) mass is 299 g/mol. The maximum atomic E-state index is 9.10. The van der Waals surface area contributed by atoms with Crippen LogP contribution in [-0.2, 0) is 9.59 Å². The number of benzene rings is 1. The van der Waals surface area contributed by atoms with Gasteiger partial charge in [-0.1, -0.05) is 6.07 Å². The second kappa shape index (κ2) is 10.6. The van der Waals surface area contributed by atoms with Crippen molar-refractivity contribution in [1.82, 2.24) is 5.32 Å². The number of ether oxygens (including phenoxy) is 1. The molecule has 1 aromatic rings.